The van der Waals surface area contributed by atoms with Gasteiger partial charge >= 0.3 is 0 Å². The molecule has 0 aromatic carbocycles. The summed E-state index contributed by atoms with van der Waals surface area (Å²) in [5.74, 6) is 0.751. The first-order valence-electron chi connectivity index (χ1n) is 4.49. The van der Waals surface area contributed by atoms with Crippen molar-refractivity contribution >= 4 is 22.9 Å². The van der Waals surface area contributed by atoms with Gasteiger partial charge in [-0.15, -0.1) is 11.3 Å². The fourth-order valence-corrected chi connectivity index (χ4v) is 2.10. The van der Waals surface area contributed by atoms with E-state index in [1.807, 2.05) is 13.0 Å². The lowest BCUT2D eigenvalue weighted by atomic mass is 10.3. The molecule has 0 aliphatic rings. The van der Waals surface area contributed by atoms with Gasteiger partial charge in [0.1, 0.15) is 15.9 Å². The van der Waals surface area contributed by atoms with E-state index in [2.05, 4.69) is 9.97 Å². The van der Waals surface area contributed by atoms with Gasteiger partial charge in [0.15, 0.2) is 0 Å². The molecule has 0 aliphatic heterocycles. The van der Waals surface area contributed by atoms with E-state index < -0.39 is 0 Å². The maximum atomic E-state index is 5.76. The molecule has 0 aliphatic carbocycles. The Kier molecular flexibility index (Phi) is 3.18. The Hall–Kier alpha value is -1.13. The minimum atomic E-state index is 0.511. The van der Waals surface area contributed by atoms with Gasteiger partial charge in [-0.1, -0.05) is 11.6 Å². The summed E-state index contributed by atoms with van der Waals surface area (Å²) in [5, 5.41) is 3.16. The van der Waals surface area contributed by atoms with Gasteiger partial charge in [-0.2, -0.15) is 0 Å². The second-order valence-corrected chi connectivity index (χ2v) is 4.06. The molecule has 0 spiro atoms. The maximum Gasteiger partial charge on any atom is 0.140 e. The summed E-state index contributed by atoms with van der Waals surface area (Å²) < 4.78 is 5.36. The van der Waals surface area contributed by atoms with Gasteiger partial charge in [0.2, 0.25) is 0 Å². The summed E-state index contributed by atoms with van der Waals surface area (Å²) in [7, 11) is 0. The number of pyridine rings is 1. The maximum absolute atomic E-state index is 5.76. The Labute approximate surface area is 96.7 Å². The van der Waals surface area contributed by atoms with Crippen LogP contribution < -0.4 is 4.74 Å². The van der Waals surface area contributed by atoms with Crippen molar-refractivity contribution in [1.29, 1.82) is 0 Å². The molecular weight excluding hydrogens is 232 g/mol. The van der Waals surface area contributed by atoms with Gasteiger partial charge in [0, 0.05) is 17.1 Å². The SMILES string of the molecule is CCOc1cncc(-c2nc(Cl)cs2)c1. The zero-order valence-electron chi connectivity index (χ0n) is 8.11. The highest BCUT2D eigenvalue weighted by atomic mass is 35.5. The zero-order valence-corrected chi connectivity index (χ0v) is 9.68. The van der Waals surface area contributed by atoms with Crippen LogP contribution in [-0.4, -0.2) is 16.6 Å². The lowest BCUT2D eigenvalue weighted by Crippen LogP contribution is -1.92. The monoisotopic (exact) mass is 240 g/mol. The van der Waals surface area contributed by atoms with E-state index in [1.165, 1.54) is 11.3 Å². The van der Waals surface area contributed by atoms with E-state index in [4.69, 9.17) is 16.3 Å². The summed E-state index contributed by atoms with van der Waals surface area (Å²) in [6, 6.07) is 1.91. The zero-order chi connectivity index (χ0) is 10.7. The third-order valence-electron chi connectivity index (χ3n) is 1.75. The predicted molar refractivity (Wildman–Crippen MR) is 61.5 cm³/mol. The van der Waals surface area contributed by atoms with Crippen molar-refractivity contribution in [1.82, 2.24) is 9.97 Å². The van der Waals surface area contributed by atoms with Crippen LogP contribution in [0.15, 0.2) is 23.8 Å². The Bertz CT molecular complexity index is 458. The van der Waals surface area contributed by atoms with Crippen molar-refractivity contribution in [3.63, 3.8) is 0 Å². The number of aromatic nitrogens is 2. The van der Waals surface area contributed by atoms with E-state index in [9.17, 15) is 0 Å². The topological polar surface area (TPSA) is 35.0 Å². The molecule has 78 valence electrons. The Morgan fingerprint density at radius 1 is 1.47 bits per heavy atom. The van der Waals surface area contributed by atoms with Crippen LogP contribution >= 0.6 is 22.9 Å². The third-order valence-corrected chi connectivity index (χ3v) is 2.96. The second kappa shape index (κ2) is 4.59. The number of rotatable bonds is 3. The van der Waals surface area contributed by atoms with Crippen LogP contribution in [0.1, 0.15) is 6.92 Å². The van der Waals surface area contributed by atoms with Crippen LogP contribution in [0, 0.1) is 0 Å². The fourth-order valence-electron chi connectivity index (χ4n) is 1.17. The smallest absolute Gasteiger partial charge is 0.140 e. The number of halogens is 1. The molecule has 2 aromatic rings. The molecule has 0 radical (unpaired) electrons. The van der Waals surface area contributed by atoms with Crippen LogP contribution in [0.5, 0.6) is 5.75 Å². The summed E-state index contributed by atoms with van der Waals surface area (Å²) in [6.45, 7) is 2.57. The van der Waals surface area contributed by atoms with Crippen LogP contribution in [0.3, 0.4) is 0 Å². The summed E-state index contributed by atoms with van der Waals surface area (Å²) >= 11 is 7.25. The molecule has 3 nitrogen and oxygen atoms in total. The second-order valence-electron chi connectivity index (χ2n) is 2.82. The largest absolute Gasteiger partial charge is 0.492 e. The first kappa shape index (κ1) is 10.4. The quantitative estimate of drug-likeness (QED) is 0.826. The Balaban J connectivity index is 2.32. The summed E-state index contributed by atoms with van der Waals surface area (Å²) in [4.78, 5) is 8.26. The summed E-state index contributed by atoms with van der Waals surface area (Å²) in [5.41, 5.74) is 0.929. The number of hydrogen-bond donors (Lipinski definition) is 0. The fraction of sp³-hybridized carbons (Fsp3) is 0.200. The van der Waals surface area contributed by atoms with E-state index >= 15 is 0 Å². The van der Waals surface area contributed by atoms with E-state index in [-0.39, 0.29) is 0 Å². The number of thiazole rings is 1. The standard InChI is InChI=1S/C10H9ClN2OS/c1-2-14-8-3-7(4-12-5-8)10-13-9(11)6-15-10/h3-6H,2H2,1H3. The Morgan fingerprint density at radius 3 is 3.00 bits per heavy atom. The molecule has 0 unspecified atom stereocenters. The van der Waals surface area contributed by atoms with Crippen molar-refractivity contribution in [2.24, 2.45) is 0 Å². The van der Waals surface area contributed by atoms with Crippen molar-refractivity contribution in [2.75, 3.05) is 6.61 Å². The minimum Gasteiger partial charge on any atom is -0.492 e. The molecule has 0 fully saturated rings. The lowest BCUT2D eigenvalue weighted by molar-refractivity contribution is 0.339. The average molecular weight is 241 g/mol. The third kappa shape index (κ3) is 2.46. The van der Waals surface area contributed by atoms with E-state index in [1.54, 1.807) is 17.8 Å². The van der Waals surface area contributed by atoms with Crippen molar-refractivity contribution in [2.45, 2.75) is 6.92 Å². The van der Waals surface area contributed by atoms with Gasteiger partial charge in [0.05, 0.1) is 12.8 Å². The molecule has 0 saturated heterocycles. The first-order valence-corrected chi connectivity index (χ1v) is 5.74. The van der Waals surface area contributed by atoms with Gasteiger partial charge in [-0.25, -0.2) is 4.98 Å². The van der Waals surface area contributed by atoms with Crippen LogP contribution in [0.2, 0.25) is 5.15 Å². The highest BCUT2D eigenvalue weighted by Gasteiger charge is 2.04. The molecule has 0 N–H and O–H groups in total. The molecule has 2 aromatic heterocycles. The van der Waals surface area contributed by atoms with Gasteiger partial charge in [-0.05, 0) is 13.0 Å². The lowest BCUT2D eigenvalue weighted by Gasteiger charge is -2.02. The first-order chi connectivity index (χ1) is 7.29. The normalized spacial score (nSPS) is 10.3. The minimum absolute atomic E-state index is 0.511. The Morgan fingerprint density at radius 2 is 2.33 bits per heavy atom. The van der Waals surface area contributed by atoms with Gasteiger partial charge in [0.25, 0.3) is 0 Å². The van der Waals surface area contributed by atoms with Gasteiger partial charge < -0.3 is 4.74 Å². The molecule has 15 heavy (non-hydrogen) atoms. The molecule has 5 heteroatoms. The molecule has 0 bridgehead atoms. The van der Waals surface area contributed by atoms with Crippen molar-refractivity contribution < 1.29 is 4.74 Å². The number of ether oxygens (including phenoxy) is 1. The molecule has 0 amide bonds. The molecule has 2 rings (SSSR count). The molecule has 2 heterocycles. The van der Waals surface area contributed by atoms with Crippen molar-refractivity contribution in [3.8, 4) is 16.3 Å². The predicted octanol–water partition coefficient (Wildman–Crippen LogP) is 3.26. The summed E-state index contributed by atoms with van der Waals surface area (Å²) in [6.07, 6.45) is 3.43. The van der Waals surface area contributed by atoms with Crippen molar-refractivity contribution in [3.05, 3.63) is 29.0 Å². The van der Waals surface area contributed by atoms with E-state index in [0.717, 1.165) is 16.3 Å². The molecule has 0 atom stereocenters. The highest BCUT2D eigenvalue weighted by Crippen LogP contribution is 2.27. The number of nitrogens with zero attached hydrogens (tertiary/aromatic N) is 2. The van der Waals surface area contributed by atoms with Gasteiger partial charge in [-0.3, -0.25) is 4.98 Å². The molecule has 0 saturated carbocycles. The molecular formula is C10H9ClN2OS. The van der Waals surface area contributed by atoms with Crippen LogP contribution in [0.25, 0.3) is 10.6 Å². The number of hydrogen-bond acceptors (Lipinski definition) is 4. The van der Waals surface area contributed by atoms with E-state index in [0.29, 0.717) is 11.8 Å². The average Bonchev–Trinajstić information content (AvgIpc) is 2.66. The highest BCUT2D eigenvalue weighted by molar-refractivity contribution is 7.13. The van der Waals surface area contributed by atoms with Crippen LogP contribution in [0.4, 0.5) is 0 Å². The van der Waals surface area contributed by atoms with Crippen LogP contribution in [-0.2, 0) is 0 Å².